The van der Waals surface area contributed by atoms with Gasteiger partial charge in [0.15, 0.2) is 5.84 Å². The first kappa shape index (κ1) is 10.7. The highest BCUT2D eigenvalue weighted by Gasteiger charge is 2.21. The standard InChI is InChI=1S/C11H15N3O2/c12-11(14-15)9-3-5-13-7-10(9)16-6-4-8-1-2-8/h3,5,7-8,15H,1-2,4,6H2,(H2,12,14). The third kappa shape index (κ3) is 2.62. The van der Waals surface area contributed by atoms with E-state index in [1.54, 1.807) is 18.5 Å². The zero-order chi connectivity index (χ0) is 11.4. The lowest BCUT2D eigenvalue weighted by Crippen LogP contribution is -2.15. The van der Waals surface area contributed by atoms with E-state index >= 15 is 0 Å². The Hall–Kier alpha value is -1.78. The van der Waals surface area contributed by atoms with E-state index in [0.717, 1.165) is 12.3 Å². The smallest absolute Gasteiger partial charge is 0.173 e. The maximum atomic E-state index is 8.62. The fraction of sp³-hybridized carbons (Fsp3) is 0.455. The number of rotatable bonds is 5. The molecule has 0 aliphatic heterocycles. The largest absolute Gasteiger partial charge is 0.491 e. The maximum absolute atomic E-state index is 8.62. The van der Waals surface area contributed by atoms with E-state index in [0.29, 0.717) is 17.9 Å². The summed E-state index contributed by atoms with van der Waals surface area (Å²) < 4.78 is 5.58. The van der Waals surface area contributed by atoms with Gasteiger partial charge in [0.05, 0.1) is 18.4 Å². The van der Waals surface area contributed by atoms with Gasteiger partial charge in [-0.05, 0) is 18.4 Å². The van der Waals surface area contributed by atoms with Crippen LogP contribution in [0.3, 0.4) is 0 Å². The minimum Gasteiger partial charge on any atom is -0.491 e. The number of oxime groups is 1. The van der Waals surface area contributed by atoms with Gasteiger partial charge in [-0.25, -0.2) is 0 Å². The van der Waals surface area contributed by atoms with Crippen molar-refractivity contribution in [1.82, 2.24) is 4.98 Å². The normalized spacial score (nSPS) is 16.1. The quantitative estimate of drug-likeness (QED) is 0.340. The molecule has 0 spiro atoms. The Morgan fingerprint density at radius 3 is 3.12 bits per heavy atom. The predicted molar refractivity (Wildman–Crippen MR) is 59.6 cm³/mol. The van der Waals surface area contributed by atoms with Crippen LogP contribution in [0.2, 0.25) is 0 Å². The third-order valence-electron chi connectivity index (χ3n) is 2.65. The number of nitrogens with two attached hydrogens (primary N) is 1. The Labute approximate surface area is 93.9 Å². The van der Waals surface area contributed by atoms with E-state index in [2.05, 4.69) is 10.1 Å². The first-order valence-electron chi connectivity index (χ1n) is 5.36. The van der Waals surface area contributed by atoms with Gasteiger partial charge in [0.1, 0.15) is 5.75 Å². The van der Waals surface area contributed by atoms with Crippen LogP contribution in [0.15, 0.2) is 23.6 Å². The van der Waals surface area contributed by atoms with Crippen LogP contribution in [-0.2, 0) is 0 Å². The summed E-state index contributed by atoms with van der Waals surface area (Å²) in [6, 6.07) is 1.67. The zero-order valence-electron chi connectivity index (χ0n) is 8.97. The number of aromatic nitrogens is 1. The molecule has 0 aromatic carbocycles. The fourth-order valence-electron chi connectivity index (χ4n) is 1.50. The van der Waals surface area contributed by atoms with Gasteiger partial charge in [0, 0.05) is 6.20 Å². The highest BCUT2D eigenvalue weighted by molar-refractivity contribution is 5.99. The second-order valence-corrected chi connectivity index (χ2v) is 3.94. The zero-order valence-corrected chi connectivity index (χ0v) is 8.97. The molecule has 0 unspecified atom stereocenters. The minimum atomic E-state index is 0.0452. The first-order chi connectivity index (χ1) is 7.81. The lowest BCUT2D eigenvalue weighted by atomic mass is 10.2. The molecule has 1 heterocycles. The SMILES string of the molecule is N/C(=N/O)c1ccncc1OCCC1CC1. The summed E-state index contributed by atoms with van der Waals surface area (Å²) >= 11 is 0. The van der Waals surface area contributed by atoms with E-state index in [9.17, 15) is 0 Å². The molecular weight excluding hydrogens is 206 g/mol. The van der Waals surface area contributed by atoms with Crippen molar-refractivity contribution in [3.8, 4) is 5.75 Å². The lowest BCUT2D eigenvalue weighted by molar-refractivity contribution is 0.299. The molecule has 5 heteroatoms. The molecule has 0 amide bonds. The van der Waals surface area contributed by atoms with Crippen LogP contribution < -0.4 is 10.5 Å². The van der Waals surface area contributed by atoms with Crippen LogP contribution >= 0.6 is 0 Å². The monoisotopic (exact) mass is 221 g/mol. The Morgan fingerprint density at radius 2 is 2.44 bits per heavy atom. The van der Waals surface area contributed by atoms with Crippen molar-refractivity contribution in [2.75, 3.05) is 6.61 Å². The molecule has 1 aromatic rings. The molecule has 5 nitrogen and oxygen atoms in total. The highest BCUT2D eigenvalue weighted by Crippen LogP contribution is 2.32. The first-order valence-corrected chi connectivity index (χ1v) is 5.36. The number of nitrogens with zero attached hydrogens (tertiary/aromatic N) is 2. The summed E-state index contributed by atoms with van der Waals surface area (Å²) in [7, 11) is 0. The fourth-order valence-corrected chi connectivity index (χ4v) is 1.50. The summed E-state index contributed by atoms with van der Waals surface area (Å²) in [5.41, 5.74) is 6.11. The maximum Gasteiger partial charge on any atom is 0.173 e. The Kier molecular flexibility index (Phi) is 3.24. The molecule has 1 aromatic heterocycles. The van der Waals surface area contributed by atoms with E-state index in [1.807, 2.05) is 0 Å². The van der Waals surface area contributed by atoms with Crippen molar-refractivity contribution in [2.24, 2.45) is 16.8 Å². The van der Waals surface area contributed by atoms with Crippen molar-refractivity contribution < 1.29 is 9.94 Å². The summed E-state index contributed by atoms with van der Waals surface area (Å²) in [6.45, 7) is 0.655. The second kappa shape index (κ2) is 4.83. The summed E-state index contributed by atoms with van der Waals surface area (Å²) in [5, 5.41) is 11.6. The van der Waals surface area contributed by atoms with Gasteiger partial charge in [0.25, 0.3) is 0 Å². The van der Waals surface area contributed by atoms with Crippen LogP contribution in [0, 0.1) is 5.92 Å². The Bertz CT molecular complexity index is 389. The van der Waals surface area contributed by atoms with Crippen LogP contribution in [0.25, 0.3) is 0 Å². The van der Waals surface area contributed by atoms with Crippen molar-refractivity contribution in [2.45, 2.75) is 19.3 Å². The number of hydrogen-bond acceptors (Lipinski definition) is 4. The van der Waals surface area contributed by atoms with Crippen molar-refractivity contribution >= 4 is 5.84 Å². The molecule has 3 N–H and O–H groups in total. The molecule has 16 heavy (non-hydrogen) atoms. The van der Waals surface area contributed by atoms with Gasteiger partial charge >= 0.3 is 0 Å². The molecular formula is C11H15N3O2. The van der Waals surface area contributed by atoms with Crippen LogP contribution in [0.4, 0.5) is 0 Å². The number of amidine groups is 1. The summed E-state index contributed by atoms with van der Waals surface area (Å²) in [5.74, 6) is 1.44. The molecule has 2 rings (SSSR count). The molecule has 1 fully saturated rings. The third-order valence-corrected chi connectivity index (χ3v) is 2.65. The van der Waals surface area contributed by atoms with Crippen LogP contribution in [-0.4, -0.2) is 22.6 Å². The van der Waals surface area contributed by atoms with Gasteiger partial charge in [-0.15, -0.1) is 0 Å². The molecule has 0 saturated heterocycles. The van der Waals surface area contributed by atoms with Crippen molar-refractivity contribution in [3.05, 3.63) is 24.0 Å². The Balaban J connectivity index is 2.00. The number of ether oxygens (including phenoxy) is 1. The van der Waals surface area contributed by atoms with E-state index in [1.165, 1.54) is 12.8 Å². The molecule has 0 bridgehead atoms. The van der Waals surface area contributed by atoms with Gasteiger partial charge in [-0.1, -0.05) is 18.0 Å². The molecule has 1 aliphatic rings. The second-order valence-electron chi connectivity index (χ2n) is 3.94. The predicted octanol–water partition coefficient (Wildman–Crippen LogP) is 1.35. The van der Waals surface area contributed by atoms with Crippen LogP contribution in [0.5, 0.6) is 5.75 Å². The van der Waals surface area contributed by atoms with Gasteiger partial charge in [0.2, 0.25) is 0 Å². The van der Waals surface area contributed by atoms with Crippen LogP contribution in [0.1, 0.15) is 24.8 Å². The van der Waals surface area contributed by atoms with Gasteiger partial charge < -0.3 is 15.7 Å². The number of hydrogen-bond donors (Lipinski definition) is 2. The van der Waals surface area contributed by atoms with Gasteiger partial charge in [-0.2, -0.15) is 0 Å². The summed E-state index contributed by atoms with van der Waals surface area (Å²) in [6.07, 6.45) is 6.85. The topological polar surface area (TPSA) is 80.7 Å². The highest BCUT2D eigenvalue weighted by atomic mass is 16.5. The van der Waals surface area contributed by atoms with Gasteiger partial charge in [-0.3, -0.25) is 4.98 Å². The van der Waals surface area contributed by atoms with E-state index < -0.39 is 0 Å². The molecule has 86 valence electrons. The molecule has 1 aliphatic carbocycles. The molecule has 0 atom stereocenters. The van der Waals surface area contributed by atoms with E-state index in [-0.39, 0.29) is 5.84 Å². The minimum absolute atomic E-state index is 0.0452. The molecule has 0 radical (unpaired) electrons. The Morgan fingerprint density at radius 1 is 1.62 bits per heavy atom. The van der Waals surface area contributed by atoms with Crippen molar-refractivity contribution in [1.29, 1.82) is 0 Å². The molecule has 1 saturated carbocycles. The summed E-state index contributed by atoms with van der Waals surface area (Å²) in [4.78, 5) is 3.96. The average Bonchev–Trinajstić information content (AvgIpc) is 3.13. The number of pyridine rings is 1. The van der Waals surface area contributed by atoms with Crippen molar-refractivity contribution in [3.63, 3.8) is 0 Å². The van der Waals surface area contributed by atoms with E-state index in [4.69, 9.17) is 15.7 Å². The lowest BCUT2D eigenvalue weighted by Gasteiger charge is -2.09. The average molecular weight is 221 g/mol.